The van der Waals surface area contributed by atoms with Crippen molar-refractivity contribution in [2.75, 3.05) is 0 Å². The van der Waals surface area contributed by atoms with Crippen molar-refractivity contribution in [3.8, 4) is 0 Å². The third-order valence-electron chi connectivity index (χ3n) is 4.31. The molecule has 0 N–H and O–H groups in total. The highest BCUT2D eigenvalue weighted by atomic mass is 16.1. The van der Waals surface area contributed by atoms with Crippen LogP contribution in [0, 0.1) is 23.7 Å². The predicted molar refractivity (Wildman–Crippen MR) is 62.5 cm³/mol. The molecule has 1 saturated carbocycles. The lowest BCUT2D eigenvalue weighted by molar-refractivity contribution is -0.115. The number of carbonyl (C=O) groups is 1. The van der Waals surface area contributed by atoms with Crippen LogP contribution in [0.1, 0.15) is 46.5 Å². The summed E-state index contributed by atoms with van der Waals surface area (Å²) in [6.45, 7) is 6.93. The van der Waals surface area contributed by atoms with E-state index in [-0.39, 0.29) is 0 Å². The summed E-state index contributed by atoms with van der Waals surface area (Å²) in [5.74, 6) is 3.23. The predicted octanol–water partition coefficient (Wildman–Crippen LogP) is 3.59. The van der Waals surface area contributed by atoms with Gasteiger partial charge in [-0.15, -0.1) is 0 Å². The van der Waals surface area contributed by atoms with Gasteiger partial charge in [0.2, 0.25) is 0 Å². The van der Waals surface area contributed by atoms with Crippen molar-refractivity contribution in [1.29, 1.82) is 0 Å². The van der Waals surface area contributed by atoms with Gasteiger partial charge in [0.1, 0.15) is 0 Å². The first-order valence-electron chi connectivity index (χ1n) is 6.34. The van der Waals surface area contributed by atoms with Gasteiger partial charge in [0.05, 0.1) is 0 Å². The van der Waals surface area contributed by atoms with E-state index in [4.69, 9.17) is 0 Å². The normalized spacial score (nSPS) is 36.4. The van der Waals surface area contributed by atoms with Gasteiger partial charge in [-0.05, 0) is 49.0 Å². The lowest BCUT2D eigenvalue weighted by Crippen LogP contribution is -2.32. The molecule has 3 atom stereocenters. The Kier molecular flexibility index (Phi) is 2.99. The fourth-order valence-electron chi connectivity index (χ4n) is 3.35. The van der Waals surface area contributed by atoms with Crippen LogP contribution in [0.2, 0.25) is 0 Å². The van der Waals surface area contributed by atoms with E-state index in [1.165, 1.54) is 18.4 Å². The molecule has 0 aliphatic heterocycles. The zero-order valence-electron chi connectivity index (χ0n) is 10.1. The number of allylic oxidation sites excluding steroid dienone is 2. The molecule has 0 heterocycles. The van der Waals surface area contributed by atoms with Crippen LogP contribution in [0.3, 0.4) is 0 Å². The molecule has 0 saturated heterocycles. The minimum atomic E-state index is 0.362. The van der Waals surface area contributed by atoms with E-state index in [0.717, 1.165) is 18.8 Å². The van der Waals surface area contributed by atoms with Crippen LogP contribution in [0.15, 0.2) is 11.6 Å². The zero-order valence-corrected chi connectivity index (χ0v) is 10.1. The van der Waals surface area contributed by atoms with Gasteiger partial charge in [0.25, 0.3) is 0 Å². The van der Waals surface area contributed by atoms with Gasteiger partial charge < -0.3 is 0 Å². The van der Waals surface area contributed by atoms with Crippen LogP contribution in [0.5, 0.6) is 0 Å². The van der Waals surface area contributed by atoms with E-state index >= 15 is 0 Å². The zero-order chi connectivity index (χ0) is 11.0. The van der Waals surface area contributed by atoms with Crippen molar-refractivity contribution in [2.24, 2.45) is 23.7 Å². The first kappa shape index (κ1) is 10.9. The Balaban J connectivity index is 2.27. The first-order valence-corrected chi connectivity index (χ1v) is 6.34. The summed E-state index contributed by atoms with van der Waals surface area (Å²) in [6.07, 6.45) is 6.50. The Bertz CT molecular complexity index is 288. The van der Waals surface area contributed by atoms with Gasteiger partial charge in [0, 0.05) is 6.42 Å². The molecule has 2 rings (SSSR count). The number of hydrogen-bond acceptors (Lipinski definition) is 1. The van der Waals surface area contributed by atoms with Crippen molar-refractivity contribution in [3.05, 3.63) is 11.6 Å². The van der Waals surface area contributed by atoms with Gasteiger partial charge in [-0.2, -0.15) is 0 Å². The number of hydrogen-bond donors (Lipinski definition) is 0. The van der Waals surface area contributed by atoms with Crippen molar-refractivity contribution in [3.63, 3.8) is 0 Å². The molecule has 15 heavy (non-hydrogen) atoms. The topological polar surface area (TPSA) is 17.1 Å². The highest BCUT2D eigenvalue weighted by Crippen LogP contribution is 2.45. The maximum Gasteiger partial charge on any atom is 0.155 e. The minimum Gasteiger partial charge on any atom is -0.295 e. The summed E-state index contributed by atoms with van der Waals surface area (Å²) in [7, 11) is 0. The summed E-state index contributed by atoms with van der Waals surface area (Å²) in [5.41, 5.74) is 1.49. The van der Waals surface area contributed by atoms with Crippen molar-refractivity contribution in [1.82, 2.24) is 0 Å². The second-order valence-corrected chi connectivity index (χ2v) is 5.66. The van der Waals surface area contributed by atoms with Crippen LogP contribution in [-0.4, -0.2) is 5.78 Å². The maximum absolute atomic E-state index is 11.5. The second-order valence-electron chi connectivity index (χ2n) is 5.66. The smallest absolute Gasteiger partial charge is 0.155 e. The molecule has 1 unspecified atom stereocenters. The van der Waals surface area contributed by atoms with E-state index in [0.29, 0.717) is 23.5 Å². The van der Waals surface area contributed by atoms with Gasteiger partial charge in [-0.1, -0.05) is 26.3 Å². The van der Waals surface area contributed by atoms with Crippen molar-refractivity contribution >= 4 is 5.78 Å². The minimum absolute atomic E-state index is 0.362. The van der Waals surface area contributed by atoms with E-state index in [1.807, 2.05) is 6.08 Å². The number of ketones is 1. The van der Waals surface area contributed by atoms with E-state index in [1.54, 1.807) is 0 Å². The highest BCUT2D eigenvalue weighted by molar-refractivity contribution is 5.91. The van der Waals surface area contributed by atoms with Gasteiger partial charge in [0.15, 0.2) is 5.78 Å². The van der Waals surface area contributed by atoms with Crippen LogP contribution in [0.25, 0.3) is 0 Å². The lowest BCUT2D eigenvalue weighted by atomic mass is 9.64. The molecule has 0 radical (unpaired) electrons. The summed E-state index contributed by atoms with van der Waals surface area (Å²) in [5, 5.41) is 0. The van der Waals surface area contributed by atoms with E-state index < -0.39 is 0 Å². The monoisotopic (exact) mass is 206 g/mol. The van der Waals surface area contributed by atoms with Crippen molar-refractivity contribution in [2.45, 2.75) is 46.5 Å². The molecule has 0 aromatic carbocycles. The summed E-state index contributed by atoms with van der Waals surface area (Å²) < 4.78 is 0. The standard InChI is InChI=1S/C14H22O/c1-9(2)12-6-4-10(3)13-7-5-11(15)8-14(12)13/h8-10,12-13H,4-7H2,1-3H3/t10-,12+,13?/m0/s1. The molecule has 0 aromatic heterocycles. The van der Waals surface area contributed by atoms with Crippen LogP contribution >= 0.6 is 0 Å². The van der Waals surface area contributed by atoms with Crippen LogP contribution < -0.4 is 0 Å². The Morgan fingerprint density at radius 3 is 2.67 bits per heavy atom. The molecular formula is C14H22O. The molecule has 84 valence electrons. The fraction of sp³-hybridized carbons (Fsp3) is 0.786. The quantitative estimate of drug-likeness (QED) is 0.640. The third kappa shape index (κ3) is 2.02. The molecule has 1 heteroatoms. The Labute approximate surface area is 92.9 Å². The Morgan fingerprint density at radius 2 is 2.00 bits per heavy atom. The molecule has 0 bridgehead atoms. The lowest BCUT2D eigenvalue weighted by Gasteiger charge is -2.41. The molecule has 1 fully saturated rings. The average Bonchev–Trinajstić information content (AvgIpc) is 2.17. The second kappa shape index (κ2) is 4.11. The number of rotatable bonds is 1. The molecule has 0 aromatic rings. The summed E-state index contributed by atoms with van der Waals surface area (Å²) in [4.78, 5) is 11.5. The molecule has 2 aliphatic rings. The number of carbonyl (C=O) groups excluding carboxylic acids is 1. The molecule has 1 nitrogen and oxygen atoms in total. The summed E-state index contributed by atoms with van der Waals surface area (Å²) >= 11 is 0. The molecule has 0 amide bonds. The highest BCUT2D eigenvalue weighted by Gasteiger charge is 2.36. The largest absolute Gasteiger partial charge is 0.295 e. The van der Waals surface area contributed by atoms with Crippen molar-refractivity contribution < 1.29 is 4.79 Å². The molecule has 2 aliphatic carbocycles. The average molecular weight is 206 g/mol. The molecular weight excluding hydrogens is 184 g/mol. The van der Waals surface area contributed by atoms with E-state index in [2.05, 4.69) is 20.8 Å². The van der Waals surface area contributed by atoms with Gasteiger partial charge in [-0.3, -0.25) is 4.79 Å². The van der Waals surface area contributed by atoms with E-state index in [9.17, 15) is 4.79 Å². The third-order valence-corrected chi connectivity index (χ3v) is 4.31. The number of fused-ring (bicyclic) bond motifs is 1. The SMILES string of the molecule is CC(C)[C@H]1CC[C@H](C)C2CCC(=O)C=C21. The Morgan fingerprint density at radius 1 is 1.27 bits per heavy atom. The van der Waals surface area contributed by atoms with Crippen LogP contribution in [0.4, 0.5) is 0 Å². The van der Waals surface area contributed by atoms with Crippen LogP contribution in [-0.2, 0) is 4.79 Å². The first-order chi connectivity index (χ1) is 7.09. The molecule has 0 spiro atoms. The fourth-order valence-corrected chi connectivity index (χ4v) is 3.35. The van der Waals surface area contributed by atoms with Gasteiger partial charge in [-0.25, -0.2) is 0 Å². The summed E-state index contributed by atoms with van der Waals surface area (Å²) in [6, 6.07) is 0. The van der Waals surface area contributed by atoms with Gasteiger partial charge >= 0.3 is 0 Å². The maximum atomic E-state index is 11.5. The Hall–Kier alpha value is -0.590.